The van der Waals surface area contributed by atoms with Crippen molar-refractivity contribution in [3.05, 3.63) is 305 Å². The molecule has 16 rings (SSSR count). The summed E-state index contributed by atoms with van der Waals surface area (Å²) in [5, 5.41) is 5.06. The minimum absolute atomic E-state index is 0.455. The highest BCUT2D eigenvalue weighted by Crippen LogP contribution is 2.65. The minimum atomic E-state index is -0.551. The zero-order valence-electron chi connectivity index (χ0n) is 39.6. The lowest BCUT2D eigenvalue weighted by molar-refractivity contribution is 0.436. The number of benzene rings is 12. The Morgan fingerprint density at radius 1 is 0.288 bits per heavy atom. The molecule has 12 aromatic carbocycles. The van der Waals surface area contributed by atoms with Crippen LogP contribution < -0.4 is 9.64 Å². The Hall–Kier alpha value is -8.89. The van der Waals surface area contributed by atoms with Gasteiger partial charge in [-0.05, 0) is 155 Å². The average molecular weight is 946 g/mol. The van der Waals surface area contributed by atoms with Crippen LogP contribution in [-0.4, -0.2) is 0 Å². The van der Waals surface area contributed by atoms with Gasteiger partial charge in [0.15, 0.2) is 0 Å². The summed E-state index contributed by atoms with van der Waals surface area (Å²) in [5.74, 6) is 1.79. The number of hydrogen-bond acceptors (Lipinski definition) is 3. The quantitative estimate of drug-likeness (QED) is 0.163. The number of ether oxygens (including phenoxy) is 1. The predicted octanol–water partition coefficient (Wildman–Crippen LogP) is 18.4. The van der Waals surface area contributed by atoms with Crippen molar-refractivity contribution in [2.45, 2.75) is 20.6 Å². The van der Waals surface area contributed by atoms with Gasteiger partial charge in [0.25, 0.3) is 0 Å². The van der Waals surface area contributed by atoms with E-state index in [-0.39, 0.29) is 0 Å². The molecule has 3 heteroatoms. The molecule has 2 spiro atoms. The van der Waals surface area contributed by atoms with Gasteiger partial charge in [0, 0.05) is 38.0 Å². The van der Waals surface area contributed by atoms with Gasteiger partial charge in [-0.15, -0.1) is 0 Å². The second-order valence-electron chi connectivity index (χ2n) is 19.8. The summed E-state index contributed by atoms with van der Waals surface area (Å²) in [6, 6.07) is 97.1. The van der Waals surface area contributed by atoms with Crippen molar-refractivity contribution >= 4 is 50.4 Å². The molecule has 0 fully saturated rings. The molecular formula is C70H43NOS. The smallest absolute Gasteiger partial charge is 0.132 e. The van der Waals surface area contributed by atoms with Crippen molar-refractivity contribution in [1.29, 1.82) is 0 Å². The first kappa shape index (κ1) is 40.8. The molecule has 2 aliphatic heterocycles. The molecule has 0 N–H and O–H groups in total. The minimum Gasteiger partial charge on any atom is -0.457 e. The highest BCUT2D eigenvalue weighted by Gasteiger charge is 2.52. The van der Waals surface area contributed by atoms with Gasteiger partial charge in [0.05, 0.1) is 10.8 Å². The first-order valence-corrected chi connectivity index (χ1v) is 26.0. The van der Waals surface area contributed by atoms with Gasteiger partial charge in [0.1, 0.15) is 11.5 Å². The van der Waals surface area contributed by atoms with Crippen molar-refractivity contribution in [3.8, 4) is 44.9 Å². The van der Waals surface area contributed by atoms with E-state index in [4.69, 9.17) is 4.74 Å². The fourth-order valence-corrected chi connectivity index (χ4v) is 14.6. The third-order valence-corrected chi connectivity index (χ3v) is 17.5. The highest BCUT2D eigenvalue weighted by atomic mass is 32.2. The molecule has 2 heterocycles. The molecular weight excluding hydrogens is 903 g/mol. The van der Waals surface area contributed by atoms with Crippen LogP contribution >= 0.6 is 11.8 Å². The number of rotatable bonds is 4. The summed E-state index contributed by atoms with van der Waals surface area (Å²) in [6.07, 6.45) is 0. The van der Waals surface area contributed by atoms with Gasteiger partial charge in [-0.2, -0.15) is 0 Å². The van der Waals surface area contributed by atoms with Crippen molar-refractivity contribution in [2.24, 2.45) is 0 Å². The van der Waals surface area contributed by atoms with Crippen LogP contribution in [0.1, 0.15) is 44.5 Å². The zero-order chi connectivity index (χ0) is 47.8. The third kappa shape index (κ3) is 5.55. The van der Waals surface area contributed by atoms with Gasteiger partial charge in [0.2, 0.25) is 0 Å². The summed E-state index contributed by atoms with van der Waals surface area (Å²) in [5.41, 5.74) is 19.8. The molecule has 0 amide bonds. The van der Waals surface area contributed by atoms with Crippen molar-refractivity contribution < 1.29 is 4.74 Å². The Kier molecular flexibility index (Phi) is 8.56. The van der Waals surface area contributed by atoms with E-state index in [0.717, 1.165) is 39.7 Å². The van der Waals surface area contributed by atoms with Crippen LogP contribution in [0.25, 0.3) is 54.9 Å². The Morgan fingerprint density at radius 3 is 1.34 bits per heavy atom. The molecule has 0 atom stereocenters. The first-order chi connectivity index (χ1) is 36.2. The zero-order valence-corrected chi connectivity index (χ0v) is 40.4. The van der Waals surface area contributed by atoms with Gasteiger partial charge in [-0.3, -0.25) is 0 Å². The molecule has 0 saturated heterocycles. The highest BCUT2D eigenvalue weighted by molar-refractivity contribution is 7.99. The molecule has 4 aliphatic rings. The topological polar surface area (TPSA) is 12.5 Å². The van der Waals surface area contributed by atoms with E-state index in [1.807, 2.05) is 11.8 Å². The summed E-state index contributed by atoms with van der Waals surface area (Å²) in [7, 11) is 0. The molecule has 0 unspecified atom stereocenters. The maximum absolute atomic E-state index is 6.68. The Balaban J connectivity index is 0.908. The second-order valence-corrected chi connectivity index (χ2v) is 20.9. The Morgan fingerprint density at radius 2 is 0.726 bits per heavy atom. The fraction of sp³-hybridized carbons (Fsp3) is 0.0286. The largest absolute Gasteiger partial charge is 0.457 e. The number of para-hydroxylation sites is 2. The molecule has 0 bridgehead atoms. The van der Waals surface area contributed by atoms with E-state index in [1.165, 1.54) is 98.1 Å². The average Bonchev–Trinajstić information content (AvgIpc) is 3.91. The maximum Gasteiger partial charge on any atom is 0.132 e. The number of nitrogens with zero attached hydrogens (tertiary/aromatic N) is 1. The van der Waals surface area contributed by atoms with E-state index in [0.29, 0.717) is 0 Å². The van der Waals surface area contributed by atoms with Crippen LogP contribution in [0, 0.1) is 0 Å². The molecule has 2 aliphatic carbocycles. The standard InChI is InChI=1S/C70H43NOS/c1-2-16-51-45(15-1)29-30-47-41-46(33-38-52(47)51)44-31-34-48(35-32-44)71(49-36-39-59-55(42-49)53-17-3-5-19-57(53)69(59)61-21-7-11-25-65(61)72-66-26-12-8-22-62(66)69)50-37-40-60-56(43-50)54-18-4-6-20-58(54)70(60)63-23-9-13-27-67(63)73-68-28-14-10-24-64(68)70/h1-43H. The van der Waals surface area contributed by atoms with E-state index in [2.05, 4.69) is 266 Å². The van der Waals surface area contributed by atoms with Crippen LogP contribution in [0.3, 0.4) is 0 Å². The molecule has 2 nitrogen and oxygen atoms in total. The first-order valence-electron chi connectivity index (χ1n) is 25.2. The summed E-state index contributed by atoms with van der Waals surface area (Å²) >= 11 is 1.89. The predicted molar refractivity (Wildman–Crippen MR) is 300 cm³/mol. The second kappa shape index (κ2) is 15.3. The lowest BCUT2D eigenvalue weighted by Crippen LogP contribution is -2.32. The van der Waals surface area contributed by atoms with Crippen molar-refractivity contribution in [3.63, 3.8) is 0 Å². The van der Waals surface area contributed by atoms with Gasteiger partial charge in [-0.25, -0.2) is 0 Å². The van der Waals surface area contributed by atoms with Gasteiger partial charge in [-0.1, -0.05) is 206 Å². The van der Waals surface area contributed by atoms with Crippen LogP contribution in [0.4, 0.5) is 17.1 Å². The monoisotopic (exact) mass is 945 g/mol. The molecule has 0 aromatic heterocycles. The third-order valence-electron chi connectivity index (χ3n) is 16.4. The molecule has 340 valence electrons. The molecule has 73 heavy (non-hydrogen) atoms. The van der Waals surface area contributed by atoms with Crippen LogP contribution in [0.15, 0.2) is 271 Å². The van der Waals surface area contributed by atoms with Crippen LogP contribution in [-0.2, 0) is 10.8 Å². The van der Waals surface area contributed by atoms with Crippen molar-refractivity contribution in [1.82, 2.24) is 0 Å². The van der Waals surface area contributed by atoms with Crippen LogP contribution in [0.2, 0.25) is 0 Å². The summed E-state index contributed by atoms with van der Waals surface area (Å²) < 4.78 is 6.68. The van der Waals surface area contributed by atoms with Gasteiger partial charge >= 0.3 is 0 Å². The van der Waals surface area contributed by atoms with Gasteiger partial charge < -0.3 is 9.64 Å². The lowest BCUT2D eigenvalue weighted by Gasteiger charge is -2.39. The summed E-state index contributed by atoms with van der Waals surface area (Å²) in [4.78, 5) is 5.09. The van der Waals surface area contributed by atoms with E-state index in [9.17, 15) is 0 Å². The van der Waals surface area contributed by atoms with E-state index >= 15 is 0 Å². The fourth-order valence-electron chi connectivity index (χ4n) is 13.4. The lowest BCUT2D eigenvalue weighted by atomic mass is 9.66. The Labute approximate surface area is 428 Å². The van der Waals surface area contributed by atoms with E-state index in [1.54, 1.807) is 0 Å². The maximum atomic E-state index is 6.68. The SMILES string of the molecule is c1ccc2c(c1)Oc1ccccc1C21c2ccccc2-c2cc(N(c3ccc(-c4ccc5c(ccc6ccccc65)c4)cc3)c3ccc4c(c3)-c3ccccc3C43c4ccccc4Sc4ccccc43)ccc21. The molecule has 12 aromatic rings. The number of hydrogen-bond donors (Lipinski definition) is 0. The van der Waals surface area contributed by atoms with E-state index < -0.39 is 10.8 Å². The Bertz CT molecular complexity index is 4010. The normalized spacial score (nSPS) is 14.3. The molecule has 0 radical (unpaired) electrons. The van der Waals surface area contributed by atoms with Crippen molar-refractivity contribution in [2.75, 3.05) is 4.90 Å². The number of fused-ring (bicyclic) bond motifs is 21. The number of anilines is 3. The molecule has 0 saturated carbocycles. The van der Waals surface area contributed by atoms with Crippen LogP contribution in [0.5, 0.6) is 11.5 Å². The summed E-state index contributed by atoms with van der Waals surface area (Å²) in [6.45, 7) is 0.